The van der Waals surface area contributed by atoms with Gasteiger partial charge in [-0.25, -0.2) is 9.50 Å². The normalized spacial score (nSPS) is 12.0. The maximum absolute atomic E-state index is 6.32. The summed E-state index contributed by atoms with van der Waals surface area (Å²) >= 11 is 1.71. The van der Waals surface area contributed by atoms with E-state index in [9.17, 15) is 0 Å². The van der Waals surface area contributed by atoms with Gasteiger partial charge in [-0.15, -0.1) is 11.3 Å². The maximum Gasteiger partial charge on any atom is 0.152 e. The van der Waals surface area contributed by atoms with E-state index in [1.165, 1.54) is 17.3 Å². The minimum atomic E-state index is 0.493. The van der Waals surface area contributed by atoms with E-state index in [2.05, 4.69) is 72.2 Å². The number of nitrogens with two attached hydrogens (primary N) is 1. The van der Waals surface area contributed by atoms with Crippen molar-refractivity contribution in [3.63, 3.8) is 0 Å². The van der Waals surface area contributed by atoms with Crippen LogP contribution < -0.4 is 10.5 Å². The molecule has 4 aromatic rings. The fourth-order valence-electron chi connectivity index (χ4n) is 3.99. The second-order valence-corrected chi connectivity index (χ2v) is 9.40. The molecule has 0 spiro atoms. The summed E-state index contributed by atoms with van der Waals surface area (Å²) < 4.78 is 8.70. The number of hydrogen-bond donors (Lipinski definition) is 1. The Balaban J connectivity index is 1.74. The van der Waals surface area contributed by atoms with Gasteiger partial charge in [0.15, 0.2) is 5.82 Å². The number of fused-ring (bicyclic) bond motifs is 2. The standard InChI is InChI=1S/C23H30N6OS/c1-15-9-16-11-20(31-22(16)19(10-15)30-5)18-12-17(13-28(4)8-6-7-27(2)3)29-21(18)23(24)25-14-26-29/h9-12,14H,6-8,13H2,1-5H3,(H2,24,25,26). The van der Waals surface area contributed by atoms with Crippen LogP contribution in [0.15, 0.2) is 30.6 Å². The largest absolute Gasteiger partial charge is 0.495 e. The Morgan fingerprint density at radius 2 is 1.94 bits per heavy atom. The van der Waals surface area contributed by atoms with Gasteiger partial charge >= 0.3 is 0 Å². The SMILES string of the molecule is COc1cc(C)cc2cc(-c3cc(CN(C)CCCN(C)C)n4ncnc(N)c34)sc12. The van der Waals surface area contributed by atoms with E-state index in [-0.39, 0.29) is 0 Å². The number of aromatic nitrogens is 3. The quantitative estimate of drug-likeness (QED) is 0.450. The Kier molecular flexibility index (Phi) is 6.13. The van der Waals surface area contributed by atoms with Crippen molar-refractivity contribution in [2.45, 2.75) is 19.9 Å². The molecule has 0 unspecified atom stereocenters. The summed E-state index contributed by atoms with van der Waals surface area (Å²) in [5, 5.41) is 5.70. The molecule has 0 aliphatic heterocycles. The zero-order chi connectivity index (χ0) is 22.1. The molecule has 0 saturated carbocycles. The van der Waals surface area contributed by atoms with Crippen molar-refractivity contribution in [1.82, 2.24) is 24.4 Å². The van der Waals surface area contributed by atoms with Gasteiger partial charge in [-0.1, -0.05) is 6.07 Å². The number of nitrogen functional groups attached to an aromatic ring is 1. The topological polar surface area (TPSA) is 71.9 Å². The summed E-state index contributed by atoms with van der Waals surface area (Å²) in [6, 6.07) is 8.68. The van der Waals surface area contributed by atoms with E-state index >= 15 is 0 Å². The number of thiophene rings is 1. The van der Waals surface area contributed by atoms with Crippen LogP contribution in [0.5, 0.6) is 5.75 Å². The highest BCUT2D eigenvalue weighted by Crippen LogP contribution is 2.42. The molecule has 0 atom stereocenters. The van der Waals surface area contributed by atoms with E-state index in [1.807, 2.05) is 4.52 Å². The predicted molar refractivity (Wildman–Crippen MR) is 129 cm³/mol. The molecule has 3 aromatic heterocycles. The molecule has 0 saturated heterocycles. The monoisotopic (exact) mass is 438 g/mol. The molecule has 0 amide bonds. The van der Waals surface area contributed by atoms with Crippen molar-refractivity contribution in [1.29, 1.82) is 0 Å². The average molecular weight is 439 g/mol. The molecule has 0 aliphatic rings. The first-order valence-electron chi connectivity index (χ1n) is 10.4. The third-order valence-corrected chi connectivity index (χ3v) is 6.64. The van der Waals surface area contributed by atoms with Crippen LogP contribution in [0.2, 0.25) is 0 Å². The lowest BCUT2D eigenvalue weighted by Crippen LogP contribution is -2.24. The first kappa shape index (κ1) is 21.5. The molecule has 4 rings (SSSR count). The van der Waals surface area contributed by atoms with Gasteiger partial charge in [-0.2, -0.15) is 5.10 Å². The van der Waals surface area contributed by atoms with Crippen molar-refractivity contribution in [2.75, 3.05) is 47.1 Å². The van der Waals surface area contributed by atoms with E-state index in [1.54, 1.807) is 18.4 Å². The molecular formula is C23H30N6OS. The Labute approximate surface area is 187 Å². The number of ether oxygens (including phenoxy) is 1. The second kappa shape index (κ2) is 8.82. The smallest absolute Gasteiger partial charge is 0.152 e. The highest BCUT2D eigenvalue weighted by Gasteiger charge is 2.19. The molecule has 0 bridgehead atoms. The number of aryl methyl sites for hydroxylation is 1. The zero-order valence-electron chi connectivity index (χ0n) is 18.8. The Hall–Kier alpha value is -2.68. The maximum atomic E-state index is 6.32. The fraction of sp³-hybridized carbons (Fsp3) is 0.391. The number of anilines is 1. The third-order valence-electron chi connectivity index (χ3n) is 5.45. The van der Waals surface area contributed by atoms with Gasteiger partial charge in [0.2, 0.25) is 0 Å². The van der Waals surface area contributed by atoms with E-state index in [0.717, 1.165) is 58.2 Å². The molecule has 0 aliphatic carbocycles. The van der Waals surface area contributed by atoms with Crippen LogP contribution in [0.25, 0.3) is 26.0 Å². The van der Waals surface area contributed by atoms with Crippen LogP contribution in [0, 0.1) is 6.92 Å². The van der Waals surface area contributed by atoms with Crippen molar-refractivity contribution in [3.8, 4) is 16.2 Å². The van der Waals surface area contributed by atoms with Crippen LogP contribution in [-0.4, -0.2) is 65.7 Å². The highest BCUT2D eigenvalue weighted by molar-refractivity contribution is 7.22. The first-order valence-corrected chi connectivity index (χ1v) is 11.2. The molecule has 1 aromatic carbocycles. The average Bonchev–Trinajstić information content (AvgIpc) is 3.29. The molecule has 164 valence electrons. The van der Waals surface area contributed by atoms with E-state index in [4.69, 9.17) is 10.5 Å². The second-order valence-electron chi connectivity index (χ2n) is 8.35. The van der Waals surface area contributed by atoms with Crippen LogP contribution in [0.4, 0.5) is 5.82 Å². The van der Waals surface area contributed by atoms with Crippen molar-refractivity contribution in [3.05, 3.63) is 41.9 Å². The molecule has 0 radical (unpaired) electrons. The first-order chi connectivity index (χ1) is 14.9. The van der Waals surface area contributed by atoms with Gasteiger partial charge in [-0.3, -0.25) is 0 Å². The lowest BCUT2D eigenvalue weighted by Gasteiger charge is -2.17. The lowest BCUT2D eigenvalue weighted by molar-refractivity contribution is 0.290. The fourth-order valence-corrected chi connectivity index (χ4v) is 5.14. The van der Waals surface area contributed by atoms with Gasteiger partial charge in [0.25, 0.3) is 0 Å². The number of methoxy groups -OCH3 is 1. The summed E-state index contributed by atoms with van der Waals surface area (Å²) in [5.74, 6) is 1.40. The number of hydrogen-bond acceptors (Lipinski definition) is 7. The molecule has 2 N–H and O–H groups in total. The van der Waals surface area contributed by atoms with Gasteiger partial charge in [0, 0.05) is 17.0 Å². The molecular weight excluding hydrogens is 408 g/mol. The van der Waals surface area contributed by atoms with Crippen molar-refractivity contribution < 1.29 is 4.74 Å². The van der Waals surface area contributed by atoms with Crippen molar-refractivity contribution >= 4 is 32.8 Å². The minimum absolute atomic E-state index is 0.493. The van der Waals surface area contributed by atoms with E-state index in [0.29, 0.717) is 5.82 Å². The van der Waals surface area contributed by atoms with Crippen LogP contribution in [0.3, 0.4) is 0 Å². The summed E-state index contributed by atoms with van der Waals surface area (Å²) in [4.78, 5) is 9.94. The van der Waals surface area contributed by atoms with Crippen LogP contribution in [-0.2, 0) is 6.54 Å². The molecule has 3 heterocycles. The predicted octanol–water partition coefficient (Wildman–Crippen LogP) is 3.89. The Morgan fingerprint density at radius 1 is 1.13 bits per heavy atom. The van der Waals surface area contributed by atoms with E-state index < -0.39 is 0 Å². The molecule has 31 heavy (non-hydrogen) atoms. The number of rotatable bonds is 8. The van der Waals surface area contributed by atoms with Gasteiger partial charge in [0.1, 0.15) is 17.6 Å². The summed E-state index contributed by atoms with van der Waals surface area (Å²) in [6.07, 6.45) is 2.64. The minimum Gasteiger partial charge on any atom is -0.495 e. The summed E-state index contributed by atoms with van der Waals surface area (Å²) in [5.41, 5.74) is 10.5. The lowest BCUT2D eigenvalue weighted by atomic mass is 10.1. The molecule has 0 fully saturated rings. The zero-order valence-corrected chi connectivity index (χ0v) is 19.7. The van der Waals surface area contributed by atoms with Gasteiger partial charge in [0.05, 0.1) is 17.5 Å². The van der Waals surface area contributed by atoms with Crippen LogP contribution >= 0.6 is 11.3 Å². The summed E-state index contributed by atoms with van der Waals surface area (Å²) in [7, 11) is 8.08. The summed E-state index contributed by atoms with van der Waals surface area (Å²) in [6.45, 7) is 4.96. The molecule has 7 nitrogen and oxygen atoms in total. The third kappa shape index (κ3) is 4.37. The highest BCUT2D eigenvalue weighted by atomic mass is 32.1. The Morgan fingerprint density at radius 3 is 2.68 bits per heavy atom. The van der Waals surface area contributed by atoms with Crippen molar-refractivity contribution in [2.24, 2.45) is 0 Å². The van der Waals surface area contributed by atoms with Gasteiger partial charge in [-0.05, 0) is 76.7 Å². The van der Waals surface area contributed by atoms with Crippen LogP contribution in [0.1, 0.15) is 17.7 Å². The van der Waals surface area contributed by atoms with Gasteiger partial charge < -0.3 is 20.3 Å². The Bertz CT molecular complexity index is 1210. The number of nitrogens with zero attached hydrogens (tertiary/aromatic N) is 5. The number of benzene rings is 1. The molecule has 8 heteroatoms.